The Morgan fingerprint density at radius 3 is 2.44 bits per heavy atom. The first kappa shape index (κ1) is 26.7. The summed E-state index contributed by atoms with van der Waals surface area (Å²) in [4.78, 5) is 13.0. The molecule has 1 aliphatic rings. The van der Waals surface area contributed by atoms with Crippen LogP contribution in [0.15, 0.2) is 90.2 Å². The lowest BCUT2D eigenvalue weighted by Gasteiger charge is -2.41. The van der Waals surface area contributed by atoms with Crippen molar-refractivity contribution in [3.8, 4) is 0 Å². The Kier molecular flexibility index (Phi) is 7.82. The summed E-state index contributed by atoms with van der Waals surface area (Å²) in [6.07, 6.45) is 6.99. The van der Waals surface area contributed by atoms with Gasteiger partial charge in [0.25, 0.3) is 0 Å². The van der Waals surface area contributed by atoms with Gasteiger partial charge in [0.1, 0.15) is 11.6 Å². The molecule has 0 bridgehead atoms. The largest absolute Gasteiger partial charge is 0.396 e. The maximum absolute atomic E-state index is 13.5. The van der Waals surface area contributed by atoms with Crippen LogP contribution in [0.25, 0.3) is 0 Å². The first-order valence-corrected chi connectivity index (χ1v) is 14.0. The van der Waals surface area contributed by atoms with Gasteiger partial charge in [-0.1, -0.05) is 6.07 Å². The van der Waals surface area contributed by atoms with Crippen LogP contribution >= 0.6 is 0 Å². The van der Waals surface area contributed by atoms with Crippen molar-refractivity contribution in [1.29, 1.82) is 0 Å². The van der Waals surface area contributed by atoms with E-state index >= 15 is 0 Å². The molecule has 0 saturated carbocycles. The van der Waals surface area contributed by atoms with Gasteiger partial charge in [-0.25, -0.2) is 17.8 Å². The van der Waals surface area contributed by atoms with Crippen molar-refractivity contribution < 1.29 is 17.9 Å². The van der Waals surface area contributed by atoms with E-state index in [9.17, 15) is 17.9 Å². The predicted molar refractivity (Wildman–Crippen MR) is 147 cm³/mol. The van der Waals surface area contributed by atoms with Crippen LogP contribution in [-0.4, -0.2) is 52.5 Å². The molecular formula is C28H29FN6O3S. The average Bonchev–Trinajstić information content (AvgIpc) is 2.95. The van der Waals surface area contributed by atoms with Crippen LogP contribution in [0.1, 0.15) is 18.4 Å². The molecule has 11 heteroatoms. The minimum atomic E-state index is -3.76. The van der Waals surface area contributed by atoms with Gasteiger partial charge >= 0.3 is 0 Å². The van der Waals surface area contributed by atoms with Crippen LogP contribution in [0.4, 0.5) is 27.5 Å². The number of rotatable bonds is 9. The van der Waals surface area contributed by atoms with Crippen LogP contribution < -0.4 is 10.6 Å². The number of anilines is 4. The fraction of sp³-hybridized carbons (Fsp3) is 0.250. The van der Waals surface area contributed by atoms with Crippen LogP contribution in [0.5, 0.6) is 0 Å². The van der Waals surface area contributed by atoms with Crippen molar-refractivity contribution in [2.75, 3.05) is 30.3 Å². The number of halogens is 1. The van der Waals surface area contributed by atoms with Crippen LogP contribution in [0, 0.1) is 11.2 Å². The number of nitrogens with one attached hydrogen (secondary N) is 2. The molecule has 2 aromatic carbocycles. The molecule has 1 aliphatic heterocycles. The van der Waals surface area contributed by atoms with Crippen molar-refractivity contribution in [3.05, 3.63) is 96.7 Å². The number of pyridine rings is 1. The molecule has 0 radical (unpaired) electrons. The van der Waals surface area contributed by atoms with Gasteiger partial charge in [0.05, 0.1) is 11.5 Å². The molecule has 1 fully saturated rings. The third-order valence-corrected chi connectivity index (χ3v) is 8.64. The van der Waals surface area contributed by atoms with Crippen LogP contribution in [-0.2, 0) is 16.4 Å². The Bertz CT molecular complexity index is 1500. The van der Waals surface area contributed by atoms with Crippen molar-refractivity contribution in [2.45, 2.75) is 24.2 Å². The minimum absolute atomic E-state index is 0.105. The molecule has 202 valence electrons. The molecule has 0 spiro atoms. The maximum Gasteiger partial charge on any atom is 0.243 e. The number of aromatic nitrogens is 3. The summed E-state index contributed by atoms with van der Waals surface area (Å²) in [6.45, 7) is 0.535. The normalized spacial score (nSPS) is 18.0. The van der Waals surface area contributed by atoms with Crippen molar-refractivity contribution in [1.82, 2.24) is 19.3 Å². The lowest BCUT2D eigenvalue weighted by Crippen LogP contribution is -2.48. The highest BCUT2D eigenvalue weighted by molar-refractivity contribution is 7.89. The van der Waals surface area contributed by atoms with Gasteiger partial charge in [-0.2, -0.15) is 9.29 Å². The molecular weight excluding hydrogens is 519 g/mol. The summed E-state index contributed by atoms with van der Waals surface area (Å²) in [7, 11) is -3.76. The number of aliphatic hydroxyl groups excluding tert-OH is 1. The zero-order chi connectivity index (χ0) is 27.3. The van der Waals surface area contributed by atoms with Crippen molar-refractivity contribution >= 4 is 33.2 Å². The smallest absolute Gasteiger partial charge is 0.243 e. The summed E-state index contributed by atoms with van der Waals surface area (Å²) in [5.74, 6) is 0.507. The highest BCUT2D eigenvalue weighted by Crippen LogP contribution is 2.36. The topological polar surface area (TPSA) is 120 Å². The lowest BCUT2D eigenvalue weighted by molar-refractivity contribution is 0.0644. The van der Waals surface area contributed by atoms with Crippen LogP contribution in [0.2, 0.25) is 0 Å². The second-order valence-corrected chi connectivity index (χ2v) is 11.6. The van der Waals surface area contributed by atoms with E-state index in [4.69, 9.17) is 0 Å². The predicted octanol–water partition coefficient (Wildman–Crippen LogP) is 4.50. The van der Waals surface area contributed by atoms with Gasteiger partial charge in [0, 0.05) is 48.5 Å². The number of nitrogens with zero attached hydrogens (tertiary/aromatic N) is 4. The Morgan fingerprint density at radius 1 is 0.974 bits per heavy atom. The number of hydrogen-bond donors (Lipinski definition) is 3. The molecule has 5 rings (SSSR count). The van der Waals surface area contributed by atoms with Gasteiger partial charge in [0.2, 0.25) is 16.0 Å². The summed E-state index contributed by atoms with van der Waals surface area (Å²) < 4.78 is 41.6. The minimum Gasteiger partial charge on any atom is -0.396 e. The fourth-order valence-electron chi connectivity index (χ4n) is 4.79. The molecule has 9 nitrogen and oxygen atoms in total. The second kappa shape index (κ2) is 11.4. The van der Waals surface area contributed by atoms with Crippen molar-refractivity contribution in [2.24, 2.45) is 5.41 Å². The Labute approximate surface area is 226 Å². The highest BCUT2D eigenvalue weighted by Gasteiger charge is 2.40. The zero-order valence-electron chi connectivity index (χ0n) is 21.2. The van der Waals surface area contributed by atoms with E-state index in [0.29, 0.717) is 42.5 Å². The fourth-order valence-corrected chi connectivity index (χ4v) is 6.38. The van der Waals surface area contributed by atoms with Gasteiger partial charge in [-0.3, -0.25) is 4.98 Å². The summed E-state index contributed by atoms with van der Waals surface area (Å²) in [6, 6.07) is 17.8. The van der Waals surface area contributed by atoms with Gasteiger partial charge < -0.3 is 15.7 Å². The van der Waals surface area contributed by atoms with Gasteiger partial charge in [0.15, 0.2) is 0 Å². The van der Waals surface area contributed by atoms with E-state index in [0.717, 1.165) is 12.0 Å². The van der Waals surface area contributed by atoms with Crippen molar-refractivity contribution in [3.63, 3.8) is 0 Å². The molecule has 3 N–H and O–H groups in total. The molecule has 39 heavy (non-hydrogen) atoms. The third-order valence-electron chi connectivity index (χ3n) is 6.78. The number of aliphatic hydroxyl groups is 1. The molecule has 0 amide bonds. The third kappa shape index (κ3) is 6.39. The van der Waals surface area contributed by atoms with E-state index in [2.05, 4.69) is 25.6 Å². The number of hydrogen-bond acceptors (Lipinski definition) is 8. The standard InChI is InChI=1S/C28H29FN6O3S/c29-22-4-6-23(7-5-22)32-26-12-15-31-27(34-26)33-24-8-10-25(11-9-24)39(37,38)35-16-2-13-28(19-35,20-36)17-21-3-1-14-30-18-21/h1,3-12,14-15,18,36H,2,13,16-17,19-20H2,(H2,31,32,33,34). The Morgan fingerprint density at radius 2 is 1.72 bits per heavy atom. The first-order valence-electron chi connectivity index (χ1n) is 12.6. The Balaban J connectivity index is 1.27. The molecule has 1 atom stereocenters. The summed E-state index contributed by atoms with van der Waals surface area (Å²) >= 11 is 0. The number of piperidine rings is 1. The quantitative estimate of drug-likeness (QED) is 0.280. The SMILES string of the molecule is O=S(=O)(c1ccc(Nc2nccc(Nc3ccc(F)cc3)n2)cc1)N1CCCC(CO)(Cc2cccnc2)C1. The highest BCUT2D eigenvalue weighted by atomic mass is 32.2. The van der Waals surface area contributed by atoms with E-state index in [1.807, 2.05) is 12.1 Å². The Hall–Kier alpha value is -3.93. The zero-order valence-corrected chi connectivity index (χ0v) is 22.0. The number of sulfonamides is 1. The van der Waals surface area contributed by atoms with E-state index in [1.54, 1.807) is 61.1 Å². The van der Waals surface area contributed by atoms with E-state index < -0.39 is 15.4 Å². The first-order chi connectivity index (χ1) is 18.8. The molecule has 0 aliphatic carbocycles. The average molecular weight is 549 g/mol. The lowest BCUT2D eigenvalue weighted by atomic mass is 9.77. The molecule has 3 heterocycles. The van der Waals surface area contributed by atoms with E-state index in [-0.39, 0.29) is 23.9 Å². The van der Waals surface area contributed by atoms with Crippen LogP contribution in [0.3, 0.4) is 0 Å². The maximum atomic E-state index is 13.5. The van der Waals surface area contributed by atoms with Gasteiger partial charge in [-0.15, -0.1) is 0 Å². The monoisotopic (exact) mass is 548 g/mol. The molecule has 4 aromatic rings. The summed E-state index contributed by atoms with van der Waals surface area (Å²) in [5.41, 5.74) is 1.72. The molecule has 1 saturated heterocycles. The molecule has 1 unspecified atom stereocenters. The number of benzene rings is 2. The summed E-state index contributed by atoms with van der Waals surface area (Å²) in [5, 5.41) is 16.4. The van der Waals surface area contributed by atoms with Gasteiger partial charge in [-0.05, 0) is 85.5 Å². The molecule has 2 aromatic heterocycles. The second-order valence-electron chi connectivity index (χ2n) is 9.69. The van der Waals surface area contributed by atoms with E-state index in [1.165, 1.54) is 16.4 Å².